The molecule has 5 nitrogen and oxygen atoms in total. The smallest absolute Gasteiger partial charge is 0.191 e. The summed E-state index contributed by atoms with van der Waals surface area (Å²) in [6.45, 7) is 4.90. The van der Waals surface area contributed by atoms with Crippen LogP contribution in [-0.2, 0) is 10.2 Å². The molecule has 0 atom stereocenters. The Morgan fingerprint density at radius 2 is 1.65 bits per heavy atom. The fourth-order valence-corrected chi connectivity index (χ4v) is 4.30. The van der Waals surface area contributed by atoms with E-state index in [1.165, 1.54) is 18.2 Å². The number of rotatable bonds is 4. The first-order valence-electron chi connectivity index (χ1n) is 10.4. The molecule has 2 fully saturated rings. The van der Waals surface area contributed by atoms with Gasteiger partial charge in [-0.1, -0.05) is 12.1 Å². The van der Waals surface area contributed by atoms with Crippen molar-refractivity contribution in [3.8, 4) is 0 Å². The van der Waals surface area contributed by atoms with Crippen LogP contribution >= 0.6 is 24.0 Å². The average Bonchev–Trinajstić information content (AvgIpc) is 2.79. The van der Waals surface area contributed by atoms with E-state index >= 15 is 0 Å². The van der Waals surface area contributed by atoms with Gasteiger partial charge in [0.15, 0.2) is 5.96 Å². The summed E-state index contributed by atoms with van der Waals surface area (Å²) in [4.78, 5) is 9.03. The molecule has 0 aromatic heterocycles. The molecule has 2 aromatic rings. The molecule has 168 valence electrons. The summed E-state index contributed by atoms with van der Waals surface area (Å²) in [5.74, 6) is 0.0670. The second kappa shape index (κ2) is 10.6. The fraction of sp³-hybridized carbons (Fsp3) is 0.435. The number of guanidine groups is 1. The van der Waals surface area contributed by atoms with Gasteiger partial charge in [-0.05, 0) is 54.8 Å². The van der Waals surface area contributed by atoms with Crippen molar-refractivity contribution in [2.45, 2.75) is 18.3 Å². The largest absolute Gasteiger partial charge is 0.381 e. The number of aliphatic imine (C=N–C) groups is 1. The number of halogens is 3. The number of ether oxygens (including phenoxy) is 1. The molecule has 0 amide bonds. The predicted octanol–water partition coefficient (Wildman–Crippen LogP) is 3.77. The van der Waals surface area contributed by atoms with Gasteiger partial charge in [0.05, 0.1) is 6.54 Å². The third kappa shape index (κ3) is 5.65. The van der Waals surface area contributed by atoms with Crippen LogP contribution in [0.25, 0.3) is 0 Å². The standard InChI is InChI=1S/C23H28F2N4O.HI/c24-19-4-6-21(7-5-19)28-10-12-29(13-11-28)22(26)27-17-23(8-14-30-15-9-23)18-2-1-3-20(25)16-18;/h1-7,16H,8-15,17H2,(H2,26,27);1H. The zero-order chi connectivity index (χ0) is 21.0. The molecule has 4 rings (SSSR count). The molecular formula is C23H29F2IN4O. The lowest BCUT2D eigenvalue weighted by Gasteiger charge is -2.38. The minimum Gasteiger partial charge on any atom is -0.381 e. The van der Waals surface area contributed by atoms with Gasteiger partial charge in [0.25, 0.3) is 0 Å². The SMILES string of the molecule is I.NC(=NCC1(c2cccc(F)c2)CCOCC1)N1CCN(c2ccc(F)cc2)CC1. The van der Waals surface area contributed by atoms with Crippen LogP contribution in [0.4, 0.5) is 14.5 Å². The topological polar surface area (TPSA) is 54.1 Å². The Balaban J connectivity index is 0.00000272. The number of hydrogen-bond acceptors (Lipinski definition) is 3. The van der Waals surface area contributed by atoms with Gasteiger partial charge in [-0.15, -0.1) is 24.0 Å². The Morgan fingerprint density at radius 3 is 2.29 bits per heavy atom. The molecule has 0 unspecified atom stereocenters. The highest BCUT2D eigenvalue weighted by atomic mass is 127. The summed E-state index contributed by atoms with van der Waals surface area (Å²) >= 11 is 0. The van der Waals surface area contributed by atoms with Crippen molar-refractivity contribution in [2.75, 3.05) is 50.8 Å². The van der Waals surface area contributed by atoms with Crippen LogP contribution in [0.3, 0.4) is 0 Å². The second-order valence-electron chi connectivity index (χ2n) is 8.03. The van der Waals surface area contributed by atoms with E-state index in [0.717, 1.165) is 50.3 Å². The van der Waals surface area contributed by atoms with Crippen molar-refractivity contribution in [3.05, 3.63) is 65.7 Å². The highest BCUT2D eigenvalue weighted by Gasteiger charge is 2.35. The zero-order valence-electron chi connectivity index (χ0n) is 17.5. The van der Waals surface area contributed by atoms with Crippen LogP contribution in [0.1, 0.15) is 18.4 Å². The third-order valence-corrected chi connectivity index (χ3v) is 6.23. The van der Waals surface area contributed by atoms with Crippen LogP contribution in [-0.4, -0.2) is 56.8 Å². The first kappa shape index (κ1) is 23.7. The first-order chi connectivity index (χ1) is 14.6. The number of nitrogens with zero attached hydrogens (tertiary/aromatic N) is 3. The van der Waals surface area contributed by atoms with E-state index in [9.17, 15) is 8.78 Å². The molecule has 0 radical (unpaired) electrons. The molecule has 2 N–H and O–H groups in total. The maximum Gasteiger partial charge on any atom is 0.191 e. The quantitative estimate of drug-likeness (QED) is 0.363. The van der Waals surface area contributed by atoms with Crippen LogP contribution in [0.15, 0.2) is 53.5 Å². The number of piperazine rings is 1. The summed E-state index contributed by atoms with van der Waals surface area (Å²) in [6, 6.07) is 13.4. The third-order valence-electron chi connectivity index (χ3n) is 6.23. The molecule has 2 heterocycles. The maximum absolute atomic E-state index is 13.9. The Labute approximate surface area is 199 Å². The molecule has 2 saturated heterocycles. The van der Waals surface area contributed by atoms with Crippen LogP contribution < -0.4 is 10.6 Å². The summed E-state index contributed by atoms with van der Waals surface area (Å²) in [7, 11) is 0. The number of nitrogens with two attached hydrogens (primary N) is 1. The van der Waals surface area contributed by atoms with E-state index in [4.69, 9.17) is 15.5 Å². The molecule has 0 saturated carbocycles. The van der Waals surface area contributed by atoms with E-state index in [0.29, 0.717) is 25.7 Å². The van der Waals surface area contributed by atoms with E-state index in [2.05, 4.69) is 9.80 Å². The lowest BCUT2D eigenvalue weighted by atomic mass is 9.74. The molecule has 0 spiro atoms. The lowest BCUT2D eigenvalue weighted by molar-refractivity contribution is 0.0529. The highest BCUT2D eigenvalue weighted by molar-refractivity contribution is 14.0. The Kier molecular flexibility index (Phi) is 8.10. The molecule has 0 aliphatic carbocycles. The molecule has 31 heavy (non-hydrogen) atoms. The molecular weight excluding hydrogens is 513 g/mol. The minimum absolute atomic E-state index is 0. The summed E-state index contributed by atoms with van der Waals surface area (Å²) in [6.07, 6.45) is 1.59. The van der Waals surface area contributed by atoms with Gasteiger partial charge in [-0.3, -0.25) is 4.99 Å². The monoisotopic (exact) mass is 542 g/mol. The fourth-order valence-electron chi connectivity index (χ4n) is 4.30. The number of hydrogen-bond donors (Lipinski definition) is 1. The second-order valence-corrected chi connectivity index (χ2v) is 8.03. The van der Waals surface area contributed by atoms with Crippen LogP contribution in [0, 0.1) is 11.6 Å². The van der Waals surface area contributed by atoms with Gasteiger partial charge in [0.1, 0.15) is 11.6 Å². The average molecular weight is 542 g/mol. The van der Waals surface area contributed by atoms with Crippen molar-refractivity contribution in [1.29, 1.82) is 0 Å². The molecule has 2 aromatic carbocycles. The van der Waals surface area contributed by atoms with E-state index < -0.39 is 0 Å². The minimum atomic E-state index is -0.249. The number of anilines is 1. The summed E-state index contributed by atoms with van der Waals surface area (Å²) < 4.78 is 32.6. The first-order valence-corrected chi connectivity index (χ1v) is 10.4. The zero-order valence-corrected chi connectivity index (χ0v) is 19.8. The van der Waals surface area contributed by atoms with Crippen molar-refractivity contribution in [3.63, 3.8) is 0 Å². The lowest BCUT2D eigenvalue weighted by Crippen LogP contribution is -2.51. The van der Waals surface area contributed by atoms with Gasteiger partial charge in [0, 0.05) is 50.5 Å². The normalized spacial score (nSPS) is 19.1. The Morgan fingerprint density at radius 1 is 0.968 bits per heavy atom. The molecule has 2 aliphatic heterocycles. The Hall–Kier alpha value is -1.94. The highest BCUT2D eigenvalue weighted by Crippen LogP contribution is 2.35. The van der Waals surface area contributed by atoms with Crippen molar-refractivity contribution in [2.24, 2.45) is 10.7 Å². The van der Waals surface area contributed by atoms with Gasteiger partial charge in [-0.2, -0.15) is 0 Å². The number of benzene rings is 2. The summed E-state index contributed by atoms with van der Waals surface area (Å²) in [5.41, 5.74) is 8.06. The van der Waals surface area contributed by atoms with Gasteiger partial charge >= 0.3 is 0 Å². The van der Waals surface area contributed by atoms with Gasteiger partial charge in [0.2, 0.25) is 0 Å². The van der Waals surface area contributed by atoms with E-state index in [-0.39, 0.29) is 41.0 Å². The van der Waals surface area contributed by atoms with Crippen LogP contribution in [0.2, 0.25) is 0 Å². The molecule has 2 aliphatic rings. The van der Waals surface area contributed by atoms with Gasteiger partial charge in [-0.25, -0.2) is 8.78 Å². The van der Waals surface area contributed by atoms with Crippen molar-refractivity contribution < 1.29 is 13.5 Å². The maximum atomic E-state index is 13.9. The van der Waals surface area contributed by atoms with Gasteiger partial charge < -0.3 is 20.3 Å². The summed E-state index contributed by atoms with van der Waals surface area (Å²) in [5, 5.41) is 0. The van der Waals surface area contributed by atoms with E-state index in [1.54, 1.807) is 24.3 Å². The predicted molar refractivity (Wildman–Crippen MR) is 130 cm³/mol. The molecule has 8 heteroatoms. The van der Waals surface area contributed by atoms with E-state index in [1.807, 2.05) is 6.07 Å². The molecule has 0 bridgehead atoms. The van der Waals surface area contributed by atoms with Crippen molar-refractivity contribution in [1.82, 2.24) is 4.90 Å². The van der Waals surface area contributed by atoms with Crippen molar-refractivity contribution >= 4 is 35.6 Å². The van der Waals surface area contributed by atoms with Crippen LogP contribution in [0.5, 0.6) is 0 Å². The Bertz CT molecular complexity index is 879.